The standard InChI is InChI=1S/C15H17ClN2/c1-3-17-15(12-8-9-18-11(2)10-12)13-6-4-5-7-14(13)16/h4-10,15,17H,3H2,1-2H3. The summed E-state index contributed by atoms with van der Waals surface area (Å²) in [5.41, 5.74) is 3.31. The third-order valence-corrected chi connectivity index (χ3v) is 3.22. The van der Waals surface area contributed by atoms with Crippen LogP contribution in [0.25, 0.3) is 0 Å². The average Bonchev–Trinajstić information content (AvgIpc) is 2.37. The molecule has 0 radical (unpaired) electrons. The fourth-order valence-corrected chi connectivity index (χ4v) is 2.31. The minimum atomic E-state index is 0.116. The number of aryl methyl sites for hydroxylation is 1. The largest absolute Gasteiger partial charge is 0.306 e. The number of pyridine rings is 1. The van der Waals surface area contributed by atoms with Gasteiger partial charge in [0.2, 0.25) is 0 Å². The van der Waals surface area contributed by atoms with E-state index in [0.717, 1.165) is 22.8 Å². The molecule has 0 aliphatic rings. The molecule has 0 aliphatic heterocycles. The lowest BCUT2D eigenvalue weighted by molar-refractivity contribution is 0.629. The molecule has 1 heterocycles. The SMILES string of the molecule is CCNC(c1ccnc(C)c1)c1ccccc1Cl. The van der Waals surface area contributed by atoms with Crippen molar-refractivity contribution in [3.05, 3.63) is 64.4 Å². The van der Waals surface area contributed by atoms with Gasteiger partial charge in [-0.2, -0.15) is 0 Å². The van der Waals surface area contributed by atoms with Crippen LogP contribution in [0.1, 0.15) is 29.8 Å². The monoisotopic (exact) mass is 260 g/mol. The van der Waals surface area contributed by atoms with E-state index in [-0.39, 0.29) is 6.04 Å². The fraction of sp³-hybridized carbons (Fsp3) is 0.267. The quantitative estimate of drug-likeness (QED) is 0.906. The summed E-state index contributed by atoms with van der Waals surface area (Å²) in [5.74, 6) is 0. The summed E-state index contributed by atoms with van der Waals surface area (Å²) in [4.78, 5) is 4.24. The zero-order valence-electron chi connectivity index (χ0n) is 10.7. The average molecular weight is 261 g/mol. The van der Waals surface area contributed by atoms with Gasteiger partial charge in [-0.25, -0.2) is 0 Å². The predicted molar refractivity (Wildman–Crippen MR) is 75.9 cm³/mol. The second-order valence-electron chi connectivity index (χ2n) is 4.24. The van der Waals surface area contributed by atoms with E-state index in [1.807, 2.05) is 37.4 Å². The molecular formula is C15H17ClN2. The first-order valence-electron chi connectivity index (χ1n) is 6.12. The smallest absolute Gasteiger partial charge is 0.0592 e. The molecule has 94 valence electrons. The highest BCUT2D eigenvalue weighted by atomic mass is 35.5. The number of halogens is 1. The van der Waals surface area contributed by atoms with Crippen LogP contribution in [0.2, 0.25) is 5.02 Å². The van der Waals surface area contributed by atoms with Crippen molar-refractivity contribution in [2.24, 2.45) is 0 Å². The van der Waals surface area contributed by atoms with Crippen LogP contribution in [0.15, 0.2) is 42.6 Å². The van der Waals surface area contributed by atoms with E-state index in [4.69, 9.17) is 11.6 Å². The Morgan fingerprint density at radius 3 is 2.72 bits per heavy atom. The van der Waals surface area contributed by atoms with E-state index < -0.39 is 0 Å². The van der Waals surface area contributed by atoms with E-state index >= 15 is 0 Å². The highest BCUT2D eigenvalue weighted by Crippen LogP contribution is 2.28. The van der Waals surface area contributed by atoms with Crippen LogP contribution in [0, 0.1) is 6.92 Å². The first-order valence-corrected chi connectivity index (χ1v) is 6.50. The van der Waals surface area contributed by atoms with Crippen LogP contribution in [0.3, 0.4) is 0 Å². The number of nitrogens with zero attached hydrogens (tertiary/aromatic N) is 1. The number of nitrogens with one attached hydrogen (secondary N) is 1. The number of aromatic nitrogens is 1. The second-order valence-corrected chi connectivity index (χ2v) is 4.65. The summed E-state index contributed by atoms with van der Waals surface area (Å²) in [5, 5.41) is 4.26. The van der Waals surface area contributed by atoms with E-state index in [1.165, 1.54) is 5.56 Å². The van der Waals surface area contributed by atoms with Crippen molar-refractivity contribution in [3.63, 3.8) is 0 Å². The second kappa shape index (κ2) is 5.98. The Labute approximate surface area is 113 Å². The Bertz CT molecular complexity index is 525. The first kappa shape index (κ1) is 13.1. The summed E-state index contributed by atoms with van der Waals surface area (Å²) in [6.07, 6.45) is 1.84. The maximum atomic E-state index is 6.29. The van der Waals surface area contributed by atoms with Gasteiger partial charge in [-0.1, -0.05) is 36.7 Å². The molecule has 0 aliphatic carbocycles. The van der Waals surface area contributed by atoms with Crippen molar-refractivity contribution >= 4 is 11.6 Å². The maximum absolute atomic E-state index is 6.29. The zero-order valence-corrected chi connectivity index (χ0v) is 11.4. The maximum Gasteiger partial charge on any atom is 0.0592 e. The van der Waals surface area contributed by atoms with E-state index in [0.29, 0.717) is 0 Å². The predicted octanol–water partition coefficient (Wildman–Crippen LogP) is 3.74. The Hall–Kier alpha value is -1.38. The molecule has 2 nitrogen and oxygen atoms in total. The molecule has 2 aromatic rings. The van der Waals surface area contributed by atoms with Gasteiger partial charge in [-0.05, 0) is 42.8 Å². The van der Waals surface area contributed by atoms with Crippen LogP contribution in [-0.2, 0) is 0 Å². The zero-order chi connectivity index (χ0) is 13.0. The van der Waals surface area contributed by atoms with Gasteiger partial charge in [-0.15, -0.1) is 0 Å². The Morgan fingerprint density at radius 2 is 2.06 bits per heavy atom. The molecule has 0 fully saturated rings. The van der Waals surface area contributed by atoms with E-state index in [9.17, 15) is 0 Å². The lowest BCUT2D eigenvalue weighted by atomic mass is 9.99. The fourth-order valence-electron chi connectivity index (χ4n) is 2.07. The number of hydrogen-bond acceptors (Lipinski definition) is 2. The molecule has 0 spiro atoms. The van der Waals surface area contributed by atoms with E-state index in [2.05, 4.69) is 29.4 Å². The molecule has 1 unspecified atom stereocenters. The van der Waals surface area contributed by atoms with Gasteiger partial charge >= 0.3 is 0 Å². The van der Waals surface area contributed by atoms with Crippen molar-refractivity contribution in [3.8, 4) is 0 Å². The van der Waals surface area contributed by atoms with Crippen molar-refractivity contribution in [2.45, 2.75) is 19.9 Å². The van der Waals surface area contributed by atoms with Gasteiger partial charge in [0.25, 0.3) is 0 Å². The van der Waals surface area contributed by atoms with Crippen molar-refractivity contribution in [1.82, 2.24) is 10.3 Å². The van der Waals surface area contributed by atoms with Gasteiger partial charge in [0, 0.05) is 16.9 Å². The topological polar surface area (TPSA) is 24.9 Å². The molecule has 18 heavy (non-hydrogen) atoms. The Morgan fingerprint density at radius 1 is 1.28 bits per heavy atom. The summed E-state index contributed by atoms with van der Waals surface area (Å²) in [6.45, 7) is 4.98. The molecule has 0 saturated carbocycles. The first-order chi connectivity index (χ1) is 8.72. The Kier molecular flexibility index (Phi) is 4.34. The van der Waals surface area contributed by atoms with Gasteiger partial charge in [0.15, 0.2) is 0 Å². The third kappa shape index (κ3) is 2.89. The molecule has 3 heteroatoms. The molecule has 1 N–H and O–H groups in total. The van der Waals surface area contributed by atoms with E-state index in [1.54, 1.807) is 0 Å². The number of benzene rings is 1. The Balaban J connectivity index is 2.43. The van der Waals surface area contributed by atoms with Crippen molar-refractivity contribution in [2.75, 3.05) is 6.54 Å². The molecule has 0 saturated heterocycles. The molecule has 1 aromatic heterocycles. The van der Waals surface area contributed by atoms with Gasteiger partial charge in [0.1, 0.15) is 0 Å². The van der Waals surface area contributed by atoms with Crippen molar-refractivity contribution in [1.29, 1.82) is 0 Å². The van der Waals surface area contributed by atoms with Crippen LogP contribution >= 0.6 is 11.6 Å². The minimum absolute atomic E-state index is 0.116. The van der Waals surface area contributed by atoms with Crippen LogP contribution in [0.4, 0.5) is 0 Å². The van der Waals surface area contributed by atoms with Gasteiger partial charge in [-0.3, -0.25) is 4.98 Å². The normalized spacial score (nSPS) is 12.4. The van der Waals surface area contributed by atoms with Gasteiger partial charge in [0.05, 0.1) is 6.04 Å². The summed E-state index contributed by atoms with van der Waals surface area (Å²) in [6, 6.07) is 12.2. The molecule has 2 rings (SSSR count). The third-order valence-electron chi connectivity index (χ3n) is 2.88. The summed E-state index contributed by atoms with van der Waals surface area (Å²) >= 11 is 6.29. The van der Waals surface area contributed by atoms with Crippen LogP contribution in [0.5, 0.6) is 0 Å². The summed E-state index contributed by atoms with van der Waals surface area (Å²) < 4.78 is 0. The number of hydrogen-bond donors (Lipinski definition) is 1. The molecule has 0 amide bonds. The molecule has 0 bridgehead atoms. The summed E-state index contributed by atoms with van der Waals surface area (Å²) in [7, 11) is 0. The highest BCUT2D eigenvalue weighted by molar-refractivity contribution is 6.31. The van der Waals surface area contributed by atoms with Gasteiger partial charge < -0.3 is 5.32 Å². The number of rotatable bonds is 4. The lowest BCUT2D eigenvalue weighted by Crippen LogP contribution is -2.22. The van der Waals surface area contributed by atoms with Crippen LogP contribution in [-0.4, -0.2) is 11.5 Å². The van der Waals surface area contributed by atoms with Crippen molar-refractivity contribution < 1.29 is 0 Å². The lowest BCUT2D eigenvalue weighted by Gasteiger charge is -2.20. The minimum Gasteiger partial charge on any atom is -0.306 e. The molecular weight excluding hydrogens is 244 g/mol. The highest BCUT2D eigenvalue weighted by Gasteiger charge is 2.15. The molecule has 1 atom stereocenters. The molecule has 1 aromatic carbocycles. The van der Waals surface area contributed by atoms with Crippen LogP contribution < -0.4 is 5.32 Å².